The maximum absolute atomic E-state index is 12.9. The summed E-state index contributed by atoms with van der Waals surface area (Å²) < 4.78 is 0. The van der Waals surface area contributed by atoms with E-state index in [4.69, 9.17) is 0 Å². The van der Waals surface area contributed by atoms with Gasteiger partial charge in [0.15, 0.2) is 0 Å². The van der Waals surface area contributed by atoms with Gasteiger partial charge in [-0.25, -0.2) is 0 Å². The number of carbonyl (C=O) groups excluding carboxylic acids is 1. The molecule has 1 aliphatic carbocycles. The van der Waals surface area contributed by atoms with Crippen molar-refractivity contribution in [1.82, 2.24) is 15.3 Å². The molecule has 0 saturated carbocycles. The number of hydrogen-bond acceptors (Lipinski definition) is 3. The van der Waals surface area contributed by atoms with Crippen LogP contribution in [-0.2, 0) is 17.6 Å². The third-order valence-corrected chi connectivity index (χ3v) is 5.22. The average molecular weight is 349 g/mol. The Balaban J connectivity index is 1.49. The lowest BCUT2D eigenvalue weighted by atomic mass is 9.86. The molecule has 2 atom stereocenters. The zero-order valence-electron chi connectivity index (χ0n) is 14.6. The number of aryl methyl sites for hydroxylation is 1. The van der Waals surface area contributed by atoms with Crippen LogP contribution in [0.25, 0.3) is 10.9 Å². The van der Waals surface area contributed by atoms with Gasteiger partial charge in [0.25, 0.3) is 0 Å². The van der Waals surface area contributed by atoms with Crippen molar-refractivity contribution < 1.29 is 9.90 Å². The first-order chi connectivity index (χ1) is 12.8. The number of fused-ring (bicyclic) bond motifs is 2. The Morgan fingerprint density at radius 3 is 3.08 bits per heavy atom. The molecule has 1 aliphatic rings. The monoisotopic (exact) mass is 349 g/mol. The predicted octanol–water partition coefficient (Wildman–Crippen LogP) is 2.70. The minimum atomic E-state index is -0.309. The van der Waals surface area contributed by atoms with Crippen LogP contribution in [0.15, 0.2) is 48.8 Å². The first kappa shape index (κ1) is 16.8. The molecule has 0 unspecified atom stereocenters. The quantitative estimate of drug-likeness (QED) is 0.663. The van der Waals surface area contributed by atoms with E-state index in [1.165, 1.54) is 0 Å². The molecule has 1 amide bonds. The molecule has 2 aromatic heterocycles. The largest absolute Gasteiger partial charge is 0.394 e. The summed E-state index contributed by atoms with van der Waals surface area (Å²) in [5, 5.41) is 14.0. The molecule has 1 aromatic carbocycles. The van der Waals surface area contributed by atoms with Gasteiger partial charge in [0.1, 0.15) is 0 Å². The van der Waals surface area contributed by atoms with E-state index in [0.29, 0.717) is 6.42 Å². The fourth-order valence-corrected chi connectivity index (χ4v) is 3.89. The molecule has 134 valence electrons. The van der Waals surface area contributed by atoms with Gasteiger partial charge in [-0.1, -0.05) is 24.3 Å². The molecule has 5 heteroatoms. The molecule has 0 aliphatic heterocycles. The second-order valence-electron chi connectivity index (χ2n) is 6.94. The molecule has 5 nitrogen and oxygen atoms in total. The number of nitrogens with zero attached hydrogens (tertiary/aromatic N) is 1. The number of benzene rings is 1. The first-order valence-electron chi connectivity index (χ1n) is 9.16. The Kier molecular flexibility index (Phi) is 4.71. The van der Waals surface area contributed by atoms with Gasteiger partial charge in [0.05, 0.1) is 24.3 Å². The molecule has 0 radical (unpaired) electrons. The minimum absolute atomic E-state index is 0.0384. The molecule has 3 N–H and O–H groups in total. The number of aliphatic hydroxyl groups is 1. The van der Waals surface area contributed by atoms with Crippen LogP contribution in [0.5, 0.6) is 0 Å². The van der Waals surface area contributed by atoms with Gasteiger partial charge < -0.3 is 15.4 Å². The van der Waals surface area contributed by atoms with Gasteiger partial charge in [-0.15, -0.1) is 0 Å². The lowest BCUT2D eigenvalue weighted by Gasteiger charge is -2.25. The van der Waals surface area contributed by atoms with Crippen molar-refractivity contribution in [2.45, 2.75) is 37.6 Å². The van der Waals surface area contributed by atoms with Crippen LogP contribution in [0.1, 0.15) is 35.6 Å². The average Bonchev–Trinajstić information content (AvgIpc) is 3.10. The standard InChI is InChI=1S/C21H23N3O2/c25-13-16(11-15-12-23-19-9-2-1-7-17(15)19)24-21(26)18-8-3-5-14-6-4-10-22-20(14)18/h1-2,4,6-7,9-10,12,16,18,23,25H,3,5,8,11,13H2,(H,24,26)/t16-,18+/m0/s1. The number of carbonyl (C=O) groups is 1. The highest BCUT2D eigenvalue weighted by atomic mass is 16.3. The molecule has 26 heavy (non-hydrogen) atoms. The second kappa shape index (κ2) is 7.30. The van der Waals surface area contributed by atoms with Crippen LogP contribution in [0.4, 0.5) is 0 Å². The highest BCUT2D eigenvalue weighted by Gasteiger charge is 2.29. The molecule has 2 heterocycles. The number of aromatic nitrogens is 2. The fourth-order valence-electron chi connectivity index (χ4n) is 3.89. The van der Waals surface area contributed by atoms with Crippen molar-refractivity contribution >= 4 is 16.8 Å². The maximum atomic E-state index is 12.9. The Hall–Kier alpha value is -2.66. The van der Waals surface area contributed by atoms with Crippen molar-refractivity contribution in [3.63, 3.8) is 0 Å². The molecule has 4 rings (SSSR count). The van der Waals surface area contributed by atoms with Crippen LogP contribution >= 0.6 is 0 Å². The summed E-state index contributed by atoms with van der Waals surface area (Å²) >= 11 is 0. The van der Waals surface area contributed by atoms with Gasteiger partial charge in [-0.3, -0.25) is 9.78 Å². The Bertz CT molecular complexity index is 918. The Morgan fingerprint density at radius 1 is 1.31 bits per heavy atom. The SMILES string of the molecule is O=C(N[C@H](CO)Cc1c[nH]c2ccccc12)[C@@H]1CCCc2cccnc21. The summed E-state index contributed by atoms with van der Waals surface area (Å²) in [5.74, 6) is -0.263. The van der Waals surface area contributed by atoms with E-state index in [2.05, 4.69) is 27.4 Å². The zero-order chi connectivity index (χ0) is 17.9. The second-order valence-corrected chi connectivity index (χ2v) is 6.94. The molecule has 0 spiro atoms. The summed E-state index contributed by atoms with van der Waals surface area (Å²) in [6.07, 6.45) is 7.07. The molecular formula is C21H23N3O2. The summed E-state index contributed by atoms with van der Waals surface area (Å²) in [4.78, 5) is 20.5. The predicted molar refractivity (Wildman–Crippen MR) is 101 cm³/mol. The number of amides is 1. The third-order valence-electron chi connectivity index (χ3n) is 5.22. The lowest BCUT2D eigenvalue weighted by Crippen LogP contribution is -2.42. The smallest absolute Gasteiger partial charge is 0.229 e. The Labute approximate surface area is 152 Å². The number of H-pyrrole nitrogens is 1. The van der Waals surface area contributed by atoms with Gasteiger partial charge in [0.2, 0.25) is 5.91 Å². The van der Waals surface area contributed by atoms with E-state index in [1.54, 1.807) is 6.20 Å². The lowest BCUT2D eigenvalue weighted by molar-refractivity contribution is -0.124. The molecule has 0 saturated heterocycles. The maximum Gasteiger partial charge on any atom is 0.229 e. The van der Waals surface area contributed by atoms with Crippen molar-refractivity contribution in [1.29, 1.82) is 0 Å². The van der Waals surface area contributed by atoms with E-state index in [0.717, 1.165) is 47.0 Å². The number of para-hydroxylation sites is 1. The zero-order valence-corrected chi connectivity index (χ0v) is 14.6. The minimum Gasteiger partial charge on any atom is -0.394 e. The summed E-state index contributed by atoms with van der Waals surface area (Å²) in [6, 6.07) is 11.7. The Morgan fingerprint density at radius 2 is 2.19 bits per heavy atom. The summed E-state index contributed by atoms with van der Waals surface area (Å²) in [5.41, 5.74) is 4.22. The number of aromatic amines is 1. The first-order valence-corrected chi connectivity index (χ1v) is 9.16. The van der Waals surface area contributed by atoms with Crippen LogP contribution in [0.2, 0.25) is 0 Å². The van der Waals surface area contributed by atoms with Gasteiger partial charge in [0, 0.05) is 23.3 Å². The van der Waals surface area contributed by atoms with Crippen molar-refractivity contribution in [3.05, 3.63) is 65.6 Å². The fraction of sp³-hybridized carbons (Fsp3) is 0.333. The highest BCUT2D eigenvalue weighted by Crippen LogP contribution is 2.30. The van der Waals surface area contributed by atoms with Crippen molar-refractivity contribution in [2.75, 3.05) is 6.61 Å². The van der Waals surface area contributed by atoms with Crippen molar-refractivity contribution in [2.24, 2.45) is 0 Å². The van der Waals surface area contributed by atoms with Crippen molar-refractivity contribution in [3.8, 4) is 0 Å². The number of aliphatic hydroxyl groups excluding tert-OH is 1. The number of nitrogens with one attached hydrogen (secondary N) is 2. The third kappa shape index (κ3) is 3.22. The van der Waals surface area contributed by atoms with E-state index < -0.39 is 0 Å². The van der Waals surface area contributed by atoms with Gasteiger partial charge in [-0.05, 0) is 48.9 Å². The molecule has 3 aromatic rings. The van der Waals surface area contributed by atoms with Crippen LogP contribution < -0.4 is 5.32 Å². The van der Waals surface area contributed by atoms with E-state index in [1.807, 2.05) is 30.5 Å². The molecule has 0 fully saturated rings. The summed E-state index contributed by atoms with van der Waals surface area (Å²) in [6.45, 7) is -0.0902. The van der Waals surface area contributed by atoms with Gasteiger partial charge >= 0.3 is 0 Å². The normalized spacial score (nSPS) is 17.7. The van der Waals surface area contributed by atoms with Gasteiger partial charge in [-0.2, -0.15) is 0 Å². The van der Waals surface area contributed by atoms with E-state index >= 15 is 0 Å². The van der Waals surface area contributed by atoms with E-state index in [9.17, 15) is 9.90 Å². The van der Waals surface area contributed by atoms with Crippen LogP contribution in [0, 0.1) is 0 Å². The number of hydrogen-bond donors (Lipinski definition) is 3. The number of pyridine rings is 1. The number of rotatable bonds is 5. The molecular weight excluding hydrogens is 326 g/mol. The van der Waals surface area contributed by atoms with E-state index in [-0.39, 0.29) is 24.5 Å². The van der Waals surface area contributed by atoms with Crippen LogP contribution in [-0.4, -0.2) is 33.6 Å². The van der Waals surface area contributed by atoms with Crippen LogP contribution in [0.3, 0.4) is 0 Å². The molecule has 0 bridgehead atoms. The summed E-state index contributed by atoms with van der Waals surface area (Å²) in [7, 11) is 0. The highest BCUT2D eigenvalue weighted by molar-refractivity contribution is 5.85. The topological polar surface area (TPSA) is 78.0 Å².